The Bertz CT molecular complexity index is 972. The predicted octanol–water partition coefficient (Wildman–Crippen LogP) is 3.35. The van der Waals surface area contributed by atoms with E-state index in [-0.39, 0.29) is 23.3 Å². The first-order valence-corrected chi connectivity index (χ1v) is 10.8. The molecule has 1 N–H and O–H groups in total. The first kappa shape index (κ1) is 20.4. The minimum atomic E-state index is -3.66. The van der Waals surface area contributed by atoms with Crippen molar-refractivity contribution >= 4 is 21.6 Å². The van der Waals surface area contributed by atoms with Crippen LogP contribution in [0.25, 0.3) is 0 Å². The number of para-hydroxylation sites is 1. The standard InChI is InChI=1S/C21H26N2O4S/c1-15-7-4-5-9-19(15)22-21(24)17-8-6-12-23(14-17)28(25,26)18-10-11-20(27-3)16(2)13-18/h4-5,7,9-11,13,17H,6,8,12,14H2,1-3H3,(H,22,24). The molecule has 2 aromatic carbocycles. The number of hydrogen-bond acceptors (Lipinski definition) is 4. The normalized spacial score (nSPS) is 17.9. The minimum Gasteiger partial charge on any atom is -0.496 e. The number of hydrogen-bond donors (Lipinski definition) is 1. The van der Waals surface area contributed by atoms with Gasteiger partial charge in [0, 0.05) is 18.8 Å². The molecular formula is C21H26N2O4S. The summed E-state index contributed by atoms with van der Waals surface area (Å²) in [5.41, 5.74) is 2.50. The summed E-state index contributed by atoms with van der Waals surface area (Å²) in [4.78, 5) is 12.9. The van der Waals surface area contributed by atoms with Gasteiger partial charge in [0.2, 0.25) is 15.9 Å². The molecule has 1 heterocycles. The zero-order valence-corrected chi connectivity index (χ0v) is 17.3. The van der Waals surface area contributed by atoms with Crippen LogP contribution in [0.5, 0.6) is 5.75 Å². The molecule has 2 aromatic rings. The van der Waals surface area contributed by atoms with Gasteiger partial charge >= 0.3 is 0 Å². The number of nitrogens with zero attached hydrogens (tertiary/aromatic N) is 1. The maximum atomic E-state index is 13.1. The second kappa shape index (κ2) is 8.32. The average Bonchev–Trinajstić information content (AvgIpc) is 2.69. The zero-order valence-electron chi connectivity index (χ0n) is 16.4. The molecule has 28 heavy (non-hydrogen) atoms. The maximum Gasteiger partial charge on any atom is 0.243 e. The van der Waals surface area contributed by atoms with Crippen LogP contribution in [0.3, 0.4) is 0 Å². The van der Waals surface area contributed by atoms with Crippen molar-refractivity contribution in [2.45, 2.75) is 31.6 Å². The number of benzene rings is 2. The van der Waals surface area contributed by atoms with Crippen molar-refractivity contribution in [3.63, 3.8) is 0 Å². The summed E-state index contributed by atoms with van der Waals surface area (Å²) in [5, 5.41) is 2.94. The van der Waals surface area contributed by atoms with E-state index >= 15 is 0 Å². The van der Waals surface area contributed by atoms with Gasteiger partial charge < -0.3 is 10.1 Å². The number of carbonyl (C=O) groups is 1. The van der Waals surface area contributed by atoms with Gasteiger partial charge in [-0.15, -0.1) is 0 Å². The van der Waals surface area contributed by atoms with Crippen LogP contribution in [0.15, 0.2) is 47.4 Å². The summed E-state index contributed by atoms with van der Waals surface area (Å²) in [6.45, 7) is 4.35. The van der Waals surface area contributed by atoms with Crippen LogP contribution < -0.4 is 10.1 Å². The lowest BCUT2D eigenvalue weighted by Crippen LogP contribution is -2.43. The van der Waals surface area contributed by atoms with E-state index < -0.39 is 10.0 Å². The van der Waals surface area contributed by atoms with E-state index in [1.807, 2.05) is 38.1 Å². The van der Waals surface area contributed by atoms with E-state index in [0.29, 0.717) is 25.1 Å². The Morgan fingerprint density at radius 1 is 1.14 bits per heavy atom. The monoisotopic (exact) mass is 402 g/mol. The molecule has 1 unspecified atom stereocenters. The summed E-state index contributed by atoms with van der Waals surface area (Å²) >= 11 is 0. The lowest BCUT2D eigenvalue weighted by Gasteiger charge is -2.31. The van der Waals surface area contributed by atoms with E-state index in [1.54, 1.807) is 25.3 Å². The highest BCUT2D eigenvalue weighted by Crippen LogP contribution is 2.28. The Labute approximate surface area is 166 Å². The number of piperidine rings is 1. The van der Waals surface area contributed by atoms with Gasteiger partial charge in [0.1, 0.15) is 5.75 Å². The van der Waals surface area contributed by atoms with Crippen LogP contribution in [0, 0.1) is 19.8 Å². The van der Waals surface area contributed by atoms with Gasteiger partial charge in [0.25, 0.3) is 0 Å². The molecule has 1 atom stereocenters. The Hall–Kier alpha value is -2.38. The molecule has 0 bridgehead atoms. The maximum absolute atomic E-state index is 13.1. The number of amides is 1. The molecule has 1 fully saturated rings. The number of nitrogens with one attached hydrogen (secondary N) is 1. The molecule has 6 nitrogen and oxygen atoms in total. The third kappa shape index (κ3) is 4.20. The summed E-state index contributed by atoms with van der Waals surface area (Å²) in [6, 6.07) is 12.4. The first-order valence-electron chi connectivity index (χ1n) is 9.34. The predicted molar refractivity (Wildman–Crippen MR) is 109 cm³/mol. The van der Waals surface area contributed by atoms with Gasteiger partial charge in [-0.05, 0) is 62.1 Å². The van der Waals surface area contributed by atoms with Crippen molar-refractivity contribution in [2.75, 3.05) is 25.5 Å². The van der Waals surface area contributed by atoms with Crippen molar-refractivity contribution in [3.05, 3.63) is 53.6 Å². The van der Waals surface area contributed by atoms with E-state index in [9.17, 15) is 13.2 Å². The smallest absolute Gasteiger partial charge is 0.243 e. The zero-order chi connectivity index (χ0) is 20.3. The summed E-state index contributed by atoms with van der Waals surface area (Å²) < 4.78 is 32.8. The number of carbonyl (C=O) groups excluding carboxylic acids is 1. The molecular weight excluding hydrogens is 376 g/mol. The van der Waals surface area contributed by atoms with Crippen molar-refractivity contribution in [3.8, 4) is 5.75 Å². The van der Waals surface area contributed by atoms with E-state index in [4.69, 9.17) is 4.74 Å². The molecule has 0 saturated carbocycles. The second-order valence-corrected chi connectivity index (χ2v) is 9.08. The average molecular weight is 403 g/mol. The Morgan fingerprint density at radius 3 is 2.57 bits per heavy atom. The number of ether oxygens (including phenoxy) is 1. The third-order valence-corrected chi connectivity index (χ3v) is 7.02. The minimum absolute atomic E-state index is 0.139. The number of methoxy groups -OCH3 is 1. The molecule has 1 saturated heterocycles. The molecule has 0 aromatic heterocycles. The quantitative estimate of drug-likeness (QED) is 0.832. The third-order valence-electron chi connectivity index (χ3n) is 5.16. The van der Waals surface area contributed by atoms with Gasteiger partial charge in [0.05, 0.1) is 17.9 Å². The highest BCUT2D eigenvalue weighted by molar-refractivity contribution is 7.89. The molecule has 1 aliphatic rings. The van der Waals surface area contributed by atoms with Crippen molar-refractivity contribution in [1.29, 1.82) is 0 Å². The van der Waals surface area contributed by atoms with Crippen LogP contribution in [0.4, 0.5) is 5.69 Å². The number of sulfonamides is 1. The number of rotatable bonds is 5. The van der Waals surface area contributed by atoms with Gasteiger partial charge in [-0.1, -0.05) is 18.2 Å². The lowest BCUT2D eigenvalue weighted by atomic mass is 9.98. The van der Waals surface area contributed by atoms with Crippen LogP contribution in [-0.2, 0) is 14.8 Å². The molecule has 0 spiro atoms. The van der Waals surface area contributed by atoms with E-state index in [0.717, 1.165) is 16.8 Å². The summed E-state index contributed by atoms with van der Waals surface area (Å²) in [5.74, 6) is 0.135. The molecule has 150 valence electrons. The van der Waals surface area contributed by atoms with Crippen molar-refractivity contribution < 1.29 is 17.9 Å². The summed E-state index contributed by atoms with van der Waals surface area (Å²) in [7, 11) is -2.10. The molecule has 7 heteroatoms. The van der Waals surface area contributed by atoms with Gasteiger partial charge in [-0.25, -0.2) is 8.42 Å². The van der Waals surface area contributed by atoms with Gasteiger partial charge in [-0.3, -0.25) is 4.79 Å². The van der Waals surface area contributed by atoms with Crippen LogP contribution >= 0.6 is 0 Å². The summed E-state index contributed by atoms with van der Waals surface area (Å²) in [6.07, 6.45) is 1.33. The second-order valence-electron chi connectivity index (χ2n) is 7.14. The number of aryl methyl sites for hydroxylation is 2. The van der Waals surface area contributed by atoms with Crippen molar-refractivity contribution in [1.82, 2.24) is 4.31 Å². The Kier molecular flexibility index (Phi) is 6.05. The van der Waals surface area contributed by atoms with Gasteiger partial charge in [0.15, 0.2) is 0 Å². The van der Waals surface area contributed by atoms with Crippen LogP contribution in [0.2, 0.25) is 0 Å². The highest BCUT2D eigenvalue weighted by atomic mass is 32.2. The van der Waals surface area contributed by atoms with Crippen molar-refractivity contribution in [2.24, 2.45) is 5.92 Å². The molecule has 1 amide bonds. The van der Waals surface area contributed by atoms with Crippen LogP contribution in [0.1, 0.15) is 24.0 Å². The molecule has 0 aliphatic carbocycles. The lowest BCUT2D eigenvalue weighted by molar-refractivity contribution is -0.120. The van der Waals surface area contributed by atoms with E-state index in [2.05, 4.69) is 5.32 Å². The highest BCUT2D eigenvalue weighted by Gasteiger charge is 2.33. The van der Waals surface area contributed by atoms with E-state index in [1.165, 1.54) is 4.31 Å². The van der Waals surface area contributed by atoms with Crippen LogP contribution in [-0.4, -0.2) is 38.8 Å². The largest absolute Gasteiger partial charge is 0.496 e. The Morgan fingerprint density at radius 2 is 1.89 bits per heavy atom. The fraction of sp³-hybridized carbons (Fsp3) is 0.381. The van der Waals surface area contributed by atoms with Gasteiger partial charge in [-0.2, -0.15) is 4.31 Å². The fourth-order valence-corrected chi connectivity index (χ4v) is 5.09. The topological polar surface area (TPSA) is 75.7 Å². The SMILES string of the molecule is COc1ccc(S(=O)(=O)N2CCCC(C(=O)Nc3ccccc3C)C2)cc1C. The number of anilines is 1. The fourth-order valence-electron chi connectivity index (χ4n) is 3.48. The molecule has 0 radical (unpaired) electrons. The Balaban J connectivity index is 1.76. The first-order chi connectivity index (χ1) is 13.3. The molecule has 3 rings (SSSR count). The molecule has 1 aliphatic heterocycles.